The maximum atomic E-state index is 12.5. The van der Waals surface area contributed by atoms with Crippen LogP contribution in [0.15, 0.2) is 65.5 Å². The van der Waals surface area contributed by atoms with Gasteiger partial charge in [0.25, 0.3) is 5.56 Å². The molecule has 0 atom stereocenters. The Balaban J connectivity index is 2.22. The van der Waals surface area contributed by atoms with Gasteiger partial charge in [-0.1, -0.05) is 48.5 Å². The van der Waals surface area contributed by atoms with E-state index in [0.717, 1.165) is 25.7 Å². The van der Waals surface area contributed by atoms with Crippen LogP contribution < -0.4 is 5.56 Å². The molecule has 0 aliphatic rings. The van der Waals surface area contributed by atoms with Crippen molar-refractivity contribution in [1.82, 2.24) is 4.98 Å². The van der Waals surface area contributed by atoms with Crippen LogP contribution in [0.1, 0.15) is 0 Å². The van der Waals surface area contributed by atoms with Crippen molar-refractivity contribution in [1.29, 1.82) is 0 Å². The lowest BCUT2D eigenvalue weighted by atomic mass is 10.0. The molecule has 2 heterocycles. The Hall–Kier alpha value is -2.65. The third-order valence-corrected chi connectivity index (χ3v) is 5.38. The zero-order chi connectivity index (χ0) is 14.7. The van der Waals surface area contributed by atoms with Crippen molar-refractivity contribution in [2.75, 3.05) is 0 Å². The van der Waals surface area contributed by atoms with Crippen LogP contribution in [0.4, 0.5) is 0 Å². The predicted octanol–water partition coefficient (Wildman–Crippen LogP) is 5.05. The van der Waals surface area contributed by atoms with Crippen molar-refractivity contribution >= 4 is 53.2 Å². The van der Waals surface area contributed by atoms with E-state index in [1.165, 1.54) is 16.2 Å². The molecule has 0 amide bonds. The van der Waals surface area contributed by atoms with Crippen molar-refractivity contribution in [2.45, 2.75) is 0 Å². The van der Waals surface area contributed by atoms with Gasteiger partial charge in [-0.25, -0.2) is 0 Å². The van der Waals surface area contributed by atoms with Crippen LogP contribution in [-0.4, -0.2) is 4.98 Å². The fourth-order valence-corrected chi connectivity index (χ4v) is 4.40. The number of rotatable bonds is 0. The first-order chi connectivity index (χ1) is 10.8. The fraction of sp³-hybridized carbons (Fsp3) is 0. The van der Waals surface area contributed by atoms with Crippen molar-refractivity contribution in [3.63, 3.8) is 0 Å². The van der Waals surface area contributed by atoms with E-state index in [0.29, 0.717) is 0 Å². The number of para-hydroxylation sites is 1. The number of benzene rings is 3. The average Bonchev–Trinajstić information content (AvgIpc) is 2.96. The maximum absolute atomic E-state index is 12.5. The minimum atomic E-state index is -0.000943. The molecule has 0 radical (unpaired) electrons. The minimum Gasteiger partial charge on any atom is -0.321 e. The summed E-state index contributed by atoms with van der Waals surface area (Å²) in [7, 11) is 0. The van der Waals surface area contributed by atoms with E-state index in [1.807, 2.05) is 24.3 Å². The summed E-state index contributed by atoms with van der Waals surface area (Å²) in [6.07, 6.45) is 0. The largest absolute Gasteiger partial charge is 0.321 e. The molecule has 0 saturated carbocycles. The zero-order valence-corrected chi connectivity index (χ0v) is 12.4. The zero-order valence-electron chi connectivity index (χ0n) is 11.6. The number of nitrogens with one attached hydrogen (secondary N) is 1. The molecular weight excluding hydrogens is 290 g/mol. The molecule has 0 spiro atoms. The fourth-order valence-electron chi connectivity index (χ4n) is 3.28. The average molecular weight is 301 g/mol. The summed E-state index contributed by atoms with van der Waals surface area (Å²) >= 11 is 1.57. The highest BCUT2D eigenvalue weighted by molar-refractivity contribution is 7.26. The topological polar surface area (TPSA) is 32.9 Å². The van der Waals surface area contributed by atoms with Crippen LogP contribution in [0.25, 0.3) is 41.8 Å². The quantitative estimate of drug-likeness (QED) is 0.426. The third kappa shape index (κ3) is 1.46. The Kier molecular flexibility index (Phi) is 2.27. The molecule has 3 aromatic carbocycles. The summed E-state index contributed by atoms with van der Waals surface area (Å²) in [6.45, 7) is 0. The van der Waals surface area contributed by atoms with Crippen molar-refractivity contribution in [3.8, 4) is 0 Å². The van der Waals surface area contributed by atoms with Gasteiger partial charge in [0, 0.05) is 26.4 Å². The first-order valence-corrected chi connectivity index (χ1v) is 7.99. The molecule has 0 fully saturated rings. The van der Waals surface area contributed by atoms with E-state index in [1.54, 1.807) is 11.3 Å². The number of aromatic nitrogens is 1. The minimum absolute atomic E-state index is 0.000943. The number of fused-ring (bicyclic) bond motifs is 7. The molecule has 0 unspecified atom stereocenters. The molecule has 104 valence electrons. The van der Waals surface area contributed by atoms with E-state index in [-0.39, 0.29) is 5.56 Å². The summed E-state index contributed by atoms with van der Waals surface area (Å²) < 4.78 is 1.97. The number of pyridine rings is 1. The highest BCUT2D eigenvalue weighted by atomic mass is 32.1. The van der Waals surface area contributed by atoms with E-state index in [9.17, 15) is 4.79 Å². The Morgan fingerprint density at radius 2 is 1.55 bits per heavy atom. The van der Waals surface area contributed by atoms with Gasteiger partial charge < -0.3 is 4.98 Å². The normalized spacial score (nSPS) is 11.8. The molecule has 2 nitrogen and oxygen atoms in total. The number of hydrogen-bond donors (Lipinski definition) is 1. The predicted molar refractivity (Wildman–Crippen MR) is 95.0 cm³/mol. The van der Waals surface area contributed by atoms with Gasteiger partial charge in [0.2, 0.25) is 0 Å². The van der Waals surface area contributed by atoms with Crippen LogP contribution in [-0.2, 0) is 0 Å². The molecule has 2 aromatic heterocycles. The van der Waals surface area contributed by atoms with Gasteiger partial charge >= 0.3 is 0 Å². The number of aromatic amines is 1. The van der Waals surface area contributed by atoms with Gasteiger partial charge in [-0.3, -0.25) is 4.79 Å². The lowest BCUT2D eigenvalue weighted by Gasteiger charge is -2.03. The molecular formula is C19H11NOS. The molecule has 0 aliphatic carbocycles. The highest BCUT2D eigenvalue weighted by Crippen LogP contribution is 2.39. The smallest absolute Gasteiger partial charge is 0.266 e. The Labute approximate surface area is 129 Å². The van der Waals surface area contributed by atoms with Gasteiger partial charge in [-0.05, 0) is 22.9 Å². The van der Waals surface area contributed by atoms with Gasteiger partial charge in [0.1, 0.15) is 4.70 Å². The van der Waals surface area contributed by atoms with E-state index >= 15 is 0 Å². The third-order valence-electron chi connectivity index (χ3n) is 4.23. The molecule has 5 rings (SSSR count). The summed E-state index contributed by atoms with van der Waals surface area (Å²) in [6, 6.07) is 20.6. The van der Waals surface area contributed by atoms with Gasteiger partial charge in [-0.15, -0.1) is 11.3 Å². The molecule has 3 heteroatoms. The van der Waals surface area contributed by atoms with Gasteiger partial charge in [0.05, 0.1) is 0 Å². The lowest BCUT2D eigenvalue weighted by molar-refractivity contribution is 1.36. The van der Waals surface area contributed by atoms with Crippen LogP contribution in [0.3, 0.4) is 0 Å². The van der Waals surface area contributed by atoms with E-state index < -0.39 is 0 Å². The maximum Gasteiger partial charge on any atom is 0.266 e. The van der Waals surface area contributed by atoms with Gasteiger partial charge in [-0.2, -0.15) is 0 Å². The second-order valence-electron chi connectivity index (χ2n) is 5.47. The summed E-state index contributed by atoms with van der Waals surface area (Å²) in [5.74, 6) is 0. The van der Waals surface area contributed by atoms with E-state index in [2.05, 4.69) is 41.4 Å². The highest BCUT2D eigenvalue weighted by Gasteiger charge is 2.14. The van der Waals surface area contributed by atoms with Crippen molar-refractivity contribution < 1.29 is 0 Å². The lowest BCUT2D eigenvalue weighted by Crippen LogP contribution is -2.03. The Morgan fingerprint density at radius 3 is 2.45 bits per heavy atom. The molecule has 1 N–H and O–H groups in total. The van der Waals surface area contributed by atoms with E-state index in [4.69, 9.17) is 0 Å². The van der Waals surface area contributed by atoms with Crippen LogP contribution >= 0.6 is 11.3 Å². The van der Waals surface area contributed by atoms with Gasteiger partial charge in [0.15, 0.2) is 0 Å². The Morgan fingerprint density at radius 1 is 0.773 bits per heavy atom. The first kappa shape index (κ1) is 12.0. The molecule has 0 bridgehead atoms. The number of hydrogen-bond acceptors (Lipinski definition) is 2. The molecule has 0 aliphatic heterocycles. The van der Waals surface area contributed by atoms with Crippen LogP contribution in [0, 0.1) is 0 Å². The number of thiophene rings is 1. The van der Waals surface area contributed by atoms with Crippen LogP contribution in [0.5, 0.6) is 0 Å². The number of H-pyrrole nitrogens is 1. The monoisotopic (exact) mass is 301 g/mol. The standard InChI is InChI=1S/C19H11NOS/c21-19-18-17(13-7-3-4-8-14(13)20-19)16-12-6-2-1-5-11(12)9-10-15(16)22-18/h1-10H,(H,20,21). The second-order valence-corrected chi connectivity index (χ2v) is 6.52. The first-order valence-electron chi connectivity index (χ1n) is 7.18. The summed E-state index contributed by atoms with van der Waals surface area (Å²) in [5.41, 5.74) is 0.895. The summed E-state index contributed by atoms with van der Waals surface area (Å²) in [4.78, 5) is 15.4. The Bertz CT molecular complexity index is 1250. The SMILES string of the molecule is O=c1[nH]c2ccccc2c2c1sc1ccc3ccccc3c12. The second kappa shape index (κ2) is 4.18. The molecule has 5 aromatic rings. The van der Waals surface area contributed by atoms with Crippen LogP contribution in [0.2, 0.25) is 0 Å². The molecule has 0 saturated heterocycles. The van der Waals surface area contributed by atoms with Crippen molar-refractivity contribution in [2.24, 2.45) is 0 Å². The summed E-state index contributed by atoms with van der Waals surface area (Å²) in [5, 5.41) is 5.80. The van der Waals surface area contributed by atoms with Crippen molar-refractivity contribution in [3.05, 3.63) is 71.0 Å². The molecule has 22 heavy (non-hydrogen) atoms.